The lowest BCUT2D eigenvalue weighted by molar-refractivity contribution is -0.141. The molecule has 0 aromatic heterocycles. The number of nitrogens with one attached hydrogen (secondary N) is 2. The number of carboxylic acid groups (broad SMARTS) is 1. The van der Waals surface area contributed by atoms with Crippen molar-refractivity contribution in [1.29, 1.82) is 0 Å². The maximum atomic E-state index is 11.6. The lowest BCUT2D eigenvalue weighted by Gasteiger charge is -2.22. The minimum atomic E-state index is -1.12. The second-order valence-corrected chi connectivity index (χ2v) is 5.01. The predicted octanol–water partition coefficient (Wildman–Crippen LogP) is 0.127. The van der Waals surface area contributed by atoms with Gasteiger partial charge in [-0.05, 0) is 13.8 Å². The van der Waals surface area contributed by atoms with Crippen LogP contribution < -0.4 is 10.6 Å². The van der Waals surface area contributed by atoms with Crippen LogP contribution in [-0.2, 0) is 14.4 Å². The number of aliphatic carboxylic acids is 1. The Labute approximate surface area is 101 Å². The molecule has 0 aromatic rings. The predicted molar refractivity (Wildman–Crippen MR) is 62.3 cm³/mol. The molecule has 0 radical (unpaired) electrons. The van der Waals surface area contributed by atoms with Crippen molar-refractivity contribution in [1.82, 2.24) is 10.6 Å². The van der Waals surface area contributed by atoms with E-state index in [9.17, 15) is 14.4 Å². The molecule has 0 spiro atoms. The van der Waals surface area contributed by atoms with Gasteiger partial charge in [0.1, 0.15) is 12.1 Å². The van der Waals surface area contributed by atoms with Crippen LogP contribution in [0, 0.1) is 5.41 Å². The third-order valence-corrected chi connectivity index (χ3v) is 2.15. The van der Waals surface area contributed by atoms with Crippen molar-refractivity contribution in [2.45, 2.75) is 46.7 Å². The number of carbonyl (C=O) groups excluding carboxylic acids is 2. The van der Waals surface area contributed by atoms with Crippen LogP contribution in [0.5, 0.6) is 0 Å². The fraction of sp³-hybridized carbons (Fsp3) is 0.727. The Balaban J connectivity index is 4.34. The summed E-state index contributed by atoms with van der Waals surface area (Å²) in [6.45, 7) is 8.05. The average molecular weight is 244 g/mol. The molecule has 6 nitrogen and oxygen atoms in total. The zero-order valence-electron chi connectivity index (χ0n) is 10.8. The van der Waals surface area contributed by atoms with Gasteiger partial charge in [-0.1, -0.05) is 20.8 Å². The highest BCUT2D eigenvalue weighted by atomic mass is 16.4. The highest BCUT2D eigenvalue weighted by molar-refractivity contribution is 5.91. The van der Waals surface area contributed by atoms with Crippen molar-refractivity contribution in [3.63, 3.8) is 0 Å². The molecule has 0 heterocycles. The smallest absolute Gasteiger partial charge is 0.325 e. The first kappa shape index (κ1) is 15.4. The highest BCUT2D eigenvalue weighted by Crippen LogP contribution is 2.12. The van der Waals surface area contributed by atoms with Gasteiger partial charge in [0.05, 0.1) is 0 Å². The second kappa shape index (κ2) is 5.65. The summed E-state index contributed by atoms with van der Waals surface area (Å²) in [5.74, 6) is -1.90. The van der Waals surface area contributed by atoms with Crippen molar-refractivity contribution in [3.8, 4) is 0 Å². The van der Waals surface area contributed by atoms with Gasteiger partial charge in [0, 0.05) is 5.41 Å². The lowest BCUT2D eigenvalue weighted by Crippen LogP contribution is -2.51. The standard InChI is InChI=1S/C11H20N2O4/c1-6(13-10(17)11(3,4)5)8(14)12-7(2)9(15)16/h6-7H,1-5H3,(H,12,14)(H,13,17)(H,15,16)/t6?,7-/m1/s1. The number of amides is 2. The van der Waals surface area contributed by atoms with Crippen LogP contribution in [0.3, 0.4) is 0 Å². The number of rotatable bonds is 4. The van der Waals surface area contributed by atoms with Gasteiger partial charge < -0.3 is 15.7 Å². The van der Waals surface area contributed by atoms with Crippen LogP contribution in [0.25, 0.3) is 0 Å². The van der Waals surface area contributed by atoms with Gasteiger partial charge in [0.15, 0.2) is 0 Å². The molecule has 0 aliphatic heterocycles. The second-order valence-electron chi connectivity index (χ2n) is 5.01. The largest absolute Gasteiger partial charge is 0.480 e. The first-order valence-corrected chi connectivity index (χ1v) is 5.40. The molecule has 0 aliphatic rings. The molecule has 2 amide bonds. The van der Waals surface area contributed by atoms with Crippen LogP contribution in [0.15, 0.2) is 0 Å². The maximum Gasteiger partial charge on any atom is 0.325 e. The third kappa shape index (κ3) is 5.33. The molecular weight excluding hydrogens is 224 g/mol. The number of hydrogen-bond donors (Lipinski definition) is 3. The normalized spacial score (nSPS) is 14.6. The zero-order chi connectivity index (χ0) is 13.8. The van der Waals surface area contributed by atoms with Crippen LogP contribution in [0.4, 0.5) is 0 Å². The quantitative estimate of drug-likeness (QED) is 0.655. The summed E-state index contributed by atoms with van der Waals surface area (Å²) < 4.78 is 0. The molecule has 0 rings (SSSR count). The van der Waals surface area contributed by atoms with Crippen molar-refractivity contribution in [3.05, 3.63) is 0 Å². The number of carbonyl (C=O) groups is 3. The van der Waals surface area contributed by atoms with E-state index >= 15 is 0 Å². The van der Waals surface area contributed by atoms with Gasteiger partial charge in [-0.15, -0.1) is 0 Å². The van der Waals surface area contributed by atoms with E-state index in [2.05, 4.69) is 10.6 Å². The maximum absolute atomic E-state index is 11.6. The van der Waals surface area contributed by atoms with E-state index in [0.29, 0.717) is 0 Å². The minimum Gasteiger partial charge on any atom is -0.480 e. The van der Waals surface area contributed by atoms with Gasteiger partial charge in [0.2, 0.25) is 11.8 Å². The molecule has 0 saturated carbocycles. The fourth-order valence-corrected chi connectivity index (χ4v) is 0.879. The van der Waals surface area contributed by atoms with Gasteiger partial charge in [0.25, 0.3) is 0 Å². The molecule has 1 unspecified atom stereocenters. The Kier molecular flexibility index (Phi) is 5.12. The summed E-state index contributed by atoms with van der Waals surface area (Å²) in [7, 11) is 0. The summed E-state index contributed by atoms with van der Waals surface area (Å²) in [5, 5.41) is 13.4. The Morgan fingerprint density at radius 1 is 1.00 bits per heavy atom. The fourth-order valence-electron chi connectivity index (χ4n) is 0.879. The molecular formula is C11H20N2O4. The zero-order valence-corrected chi connectivity index (χ0v) is 10.8. The molecule has 0 bridgehead atoms. The number of hydrogen-bond acceptors (Lipinski definition) is 3. The molecule has 2 atom stereocenters. The Bertz CT molecular complexity index is 320. The molecule has 0 saturated heterocycles. The number of carboxylic acids is 1. The Morgan fingerprint density at radius 2 is 1.47 bits per heavy atom. The third-order valence-electron chi connectivity index (χ3n) is 2.15. The van der Waals surface area contributed by atoms with Gasteiger partial charge >= 0.3 is 5.97 Å². The molecule has 17 heavy (non-hydrogen) atoms. The first-order valence-electron chi connectivity index (χ1n) is 5.40. The van der Waals surface area contributed by atoms with Crippen LogP contribution in [0.1, 0.15) is 34.6 Å². The van der Waals surface area contributed by atoms with Crippen LogP contribution in [0.2, 0.25) is 0 Å². The lowest BCUT2D eigenvalue weighted by atomic mass is 9.95. The van der Waals surface area contributed by atoms with E-state index in [1.807, 2.05) is 0 Å². The summed E-state index contributed by atoms with van der Waals surface area (Å²) in [6.07, 6.45) is 0. The Hall–Kier alpha value is -1.59. The van der Waals surface area contributed by atoms with Crippen molar-refractivity contribution < 1.29 is 19.5 Å². The average Bonchev–Trinajstić information content (AvgIpc) is 2.15. The van der Waals surface area contributed by atoms with Crippen LogP contribution in [-0.4, -0.2) is 35.0 Å². The monoisotopic (exact) mass is 244 g/mol. The molecule has 98 valence electrons. The first-order chi connectivity index (χ1) is 7.55. The summed E-state index contributed by atoms with van der Waals surface area (Å²) in [4.78, 5) is 33.7. The van der Waals surface area contributed by atoms with Gasteiger partial charge in [-0.25, -0.2) is 0 Å². The van der Waals surface area contributed by atoms with E-state index in [1.54, 1.807) is 20.8 Å². The molecule has 0 aliphatic carbocycles. The summed E-state index contributed by atoms with van der Waals surface area (Å²) >= 11 is 0. The topological polar surface area (TPSA) is 95.5 Å². The summed E-state index contributed by atoms with van der Waals surface area (Å²) in [6, 6.07) is -1.74. The molecule has 0 fully saturated rings. The minimum absolute atomic E-state index is 0.261. The van der Waals surface area contributed by atoms with Crippen molar-refractivity contribution >= 4 is 17.8 Å². The van der Waals surface area contributed by atoms with E-state index in [1.165, 1.54) is 13.8 Å². The van der Waals surface area contributed by atoms with Gasteiger partial charge in [-0.2, -0.15) is 0 Å². The van der Waals surface area contributed by atoms with Gasteiger partial charge in [-0.3, -0.25) is 14.4 Å². The Morgan fingerprint density at radius 3 is 1.82 bits per heavy atom. The SMILES string of the molecule is CC(NC(=O)C(C)(C)C)C(=O)N[C@H](C)C(=O)O. The molecule has 0 aromatic carbocycles. The van der Waals surface area contributed by atoms with Crippen LogP contribution >= 0.6 is 0 Å². The van der Waals surface area contributed by atoms with E-state index in [4.69, 9.17) is 5.11 Å². The van der Waals surface area contributed by atoms with E-state index in [-0.39, 0.29) is 5.91 Å². The van der Waals surface area contributed by atoms with Crippen molar-refractivity contribution in [2.75, 3.05) is 0 Å². The van der Waals surface area contributed by atoms with E-state index < -0.39 is 29.4 Å². The molecule has 3 N–H and O–H groups in total. The highest BCUT2D eigenvalue weighted by Gasteiger charge is 2.26. The molecule has 6 heteroatoms. The summed E-state index contributed by atoms with van der Waals surface area (Å²) in [5.41, 5.74) is -0.590. The van der Waals surface area contributed by atoms with E-state index in [0.717, 1.165) is 0 Å². The van der Waals surface area contributed by atoms with Crippen molar-refractivity contribution in [2.24, 2.45) is 5.41 Å².